The molecule has 21 heavy (non-hydrogen) atoms. The fourth-order valence-corrected chi connectivity index (χ4v) is 2.86. The Morgan fingerprint density at radius 3 is 2.71 bits per heavy atom. The maximum Gasteiger partial charge on any atom is 0.306 e. The molecule has 0 aliphatic heterocycles. The first kappa shape index (κ1) is 15.8. The molecule has 1 amide bonds. The van der Waals surface area contributed by atoms with Gasteiger partial charge in [-0.2, -0.15) is 0 Å². The SMILES string of the molecule is O=C(NCC1CCCCC1C(=O)O)c1ccc(Cl)c(F)c1. The van der Waals surface area contributed by atoms with Crippen LogP contribution in [0.25, 0.3) is 0 Å². The lowest BCUT2D eigenvalue weighted by Crippen LogP contribution is -2.37. The van der Waals surface area contributed by atoms with Gasteiger partial charge in [-0.25, -0.2) is 4.39 Å². The molecule has 0 heterocycles. The second-order valence-electron chi connectivity index (χ2n) is 5.33. The van der Waals surface area contributed by atoms with E-state index < -0.39 is 23.6 Å². The molecule has 1 aliphatic carbocycles. The molecule has 0 spiro atoms. The second kappa shape index (κ2) is 6.89. The van der Waals surface area contributed by atoms with E-state index in [2.05, 4.69) is 5.32 Å². The van der Waals surface area contributed by atoms with E-state index in [0.29, 0.717) is 13.0 Å². The van der Waals surface area contributed by atoms with Gasteiger partial charge in [0.2, 0.25) is 0 Å². The van der Waals surface area contributed by atoms with Crippen molar-refractivity contribution >= 4 is 23.5 Å². The van der Waals surface area contributed by atoms with Gasteiger partial charge < -0.3 is 10.4 Å². The molecule has 114 valence electrons. The molecular weight excluding hydrogens is 297 g/mol. The molecule has 2 N–H and O–H groups in total. The summed E-state index contributed by atoms with van der Waals surface area (Å²) in [5.74, 6) is -2.37. The minimum atomic E-state index is -0.813. The Balaban J connectivity index is 1.96. The molecule has 1 aliphatic rings. The number of hydrogen-bond donors (Lipinski definition) is 2. The van der Waals surface area contributed by atoms with Crippen molar-refractivity contribution in [3.63, 3.8) is 0 Å². The fraction of sp³-hybridized carbons (Fsp3) is 0.467. The maximum atomic E-state index is 13.3. The molecule has 1 aromatic rings. The average molecular weight is 314 g/mol. The third kappa shape index (κ3) is 3.94. The number of aliphatic carboxylic acids is 1. The van der Waals surface area contributed by atoms with Crippen molar-refractivity contribution < 1.29 is 19.1 Å². The largest absolute Gasteiger partial charge is 0.481 e. The van der Waals surface area contributed by atoms with E-state index >= 15 is 0 Å². The van der Waals surface area contributed by atoms with Crippen LogP contribution in [0.1, 0.15) is 36.0 Å². The van der Waals surface area contributed by atoms with Crippen molar-refractivity contribution in [3.8, 4) is 0 Å². The minimum absolute atomic E-state index is 0.0372. The van der Waals surface area contributed by atoms with Gasteiger partial charge >= 0.3 is 5.97 Å². The normalized spacial score (nSPS) is 21.8. The number of halogens is 2. The van der Waals surface area contributed by atoms with E-state index in [0.717, 1.165) is 25.3 Å². The monoisotopic (exact) mass is 313 g/mol. The van der Waals surface area contributed by atoms with E-state index in [4.69, 9.17) is 11.6 Å². The number of benzene rings is 1. The Kier molecular flexibility index (Phi) is 5.17. The zero-order valence-corrected chi connectivity index (χ0v) is 12.2. The van der Waals surface area contributed by atoms with Gasteiger partial charge in [0.15, 0.2) is 0 Å². The maximum absolute atomic E-state index is 13.3. The van der Waals surface area contributed by atoms with Crippen LogP contribution >= 0.6 is 11.6 Å². The number of carboxylic acids is 1. The van der Waals surface area contributed by atoms with Gasteiger partial charge in [-0.3, -0.25) is 9.59 Å². The van der Waals surface area contributed by atoms with Crippen LogP contribution < -0.4 is 5.32 Å². The lowest BCUT2D eigenvalue weighted by atomic mass is 9.79. The van der Waals surface area contributed by atoms with Crippen molar-refractivity contribution in [2.24, 2.45) is 11.8 Å². The van der Waals surface area contributed by atoms with Crippen molar-refractivity contribution in [3.05, 3.63) is 34.6 Å². The molecule has 4 nitrogen and oxygen atoms in total. The quantitative estimate of drug-likeness (QED) is 0.897. The highest BCUT2D eigenvalue weighted by molar-refractivity contribution is 6.30. The highest BCUT2D eigenvalue weighted by Crippen LogP contribution is 2.29. The lowest BCUT2D eigenvalue weighted by Gasteiger charge is -2.28. The first-order chi connectivity index (χ1) is 9.99. The van der Waals surface area contributed by atoms with Crippen LogP contribution in [0.5, 0.6) is 0 Å². The molecule has 6 heteroatoms. The van der Waals surface area contributed by atoms with E-state index in [1.807, 2.05) is 0 Å². The Bertz CT molecular complexity index is 550. The van der Waals surface area contributed by atoms with E-state index in [-0.39, 0.29) is 16.5 Å². The Morgan fingerprint density at radius 1 is 1.33 bits per heavy atom. The van der Waals surface area contributed by atoms with Gasteiger partial charge in [0, 0.05) is 12.1 Å². The average Bonchev–Trinajstić information content (AvgIpc) is 2.47. The standard InChI is InChI=1S/C15H17ClFNO3/c16-12-6-5-9(7-13(12)17)14(19)18-8-10-3-1-2-4-11(10)15(20)21/h5-7,10-11H,1-4,8H2,(H,18,19)(H,20,21). The van der Waals surface area contributed by atoms with E-state index in [1.54, 1.807) is 0 Å². The third-order valence-electron chi connectivity index (χ3n) is 3.93. The van der Waals surface area contributed by atoms with E-state index in [9.17, 15) is 19.1 Å². The van der Waals surface area contributed by atoms with Crippen molar-refractivity contribution in [2.45, 2.75) is 25.7 Å². The number of rotatable bonds is 4. The van der Waals surface area contributed by atoms with Gasteiger partial charge in [0.05, 0.1) is 10.9 Å². The summed E-state index contributed by atoms with van der Waals surface area (Å²) in [7, 11) is 0. The van der Waals surface area contributed by atoms with Gasteiger partial charge in [0.1, 0.15) is 5.82 Å². The molecular formula is C15H17ClFNO3. The third-order valence-corrected chi connectivity index (χ3v) is 4.24. The summed E-state index contributed by atoms with van der Waals surface area (Å²) in [6, 6.07) is 3.84. The Hall–Kier alpha value is -1.62. The highest BCUT2D eigenvalue weighted by Gasteiger charge is 2.30. The predicted molar refractivity (Wildman–Crippen MR) is 76.8 cm³/mol. The summed E-state index contributed by atoms with van der Waals surface area (Å²) < 4.78 is 13.3. The Labute approximate surface area is 127 Å². The molecule has 2 unspecified atom stereocenters. The van der Waals surface area contributed by atoms with Crippen molar-refractivity contribution in [1.29, 1.82) is 0 Å². The molecule has 0 saturated heterocycles. The molecule has 0 aromatic heterocycles. The van der Waals surface area contributed by atoms with Crippen LogP contribution in [-0.2, 0) is 4.79 Å². The number of carboxylic acid groups (broad SMARTS) is 1. The molecule has 0 bridgehead atoms. The summed E-state index contributed by atoms with van der Waals surface area (Å²) in [6.45, 7) is 0.292. The fourth-order valence-electron chi connectivity index (χ4n) is 2.74. The summed E-state index contributed by atoms with van der Waals surface area (Å²) in [6.07, 6.45) is 3.31. The summed E-state index contributed by atoms with van der Waals surface area (Å²) in [5.41, 5.74) is 0.180. The van der Waals surface area contributed by atoms with Crippen molar-refractivity contribution in [2.75, 3.05) is 6.54 Å². The van der Waals surface area contributed by atoms with Gasteiger partial charge in [-0.1, -0.05) is 24.4 Å². The topological polar surface area (TPSA) is 66.4 Å². The van der Waals surface area contributed by atoms with Crippen LogP contribution in [0.3, 0.4) is 0 Å². The summed E-state index contributed by atoms with van der Waals surface area (Å²) in [5, 5.41) is 11.8. The molecule has 2 atom stereocenters. The van der Waals surface area contributed by atoms with Crippen molar-refractivity contribution in [1.82, 2.24) is 5.32 Å². The minimum Gasteiger partial charge on any atom is -0.481 e. The van der Waals surface area contributed by atoms with Gasteiger partial charge in [-0.05, 0) is 37.0 Å². The molecule has 2 rings (SSSR count). The summed E-state index contributed by atoms with van der Waals surface area (Å²) in [4.78, 5) is 23.1. The first-order valence-corrected chi connectivity index (χ1v) is 7.33. The van der Waals surface area contributed by atoms with Crippen LogP contribution in [0.15, 0.2) is 18.2 Å². The smallest absolute Gasteiger partial charge is 0.306 e. The molecule has 1 fully saturated rings. The summed E-state index contributed by atoms with van der Waals surface area (Å²) >= 11 is 5.57. The lowest BCUT2D eigenvalue weighted by molar-refractivity contribution is -0.144. The van der Waals surface area contributed by atoms with Gasteiger partial charge in [0.25, 0.3) is 5.91 Å². The highest BCUT2D eigenvalue weighted by atomic mass is 35.5. The molecule has 1 saturated carbocycles. The molecule has 0 radical (unpaired) electrons. The van der Waals surface area contributed by atoms with Crippen LogP contribution in [0.2, 0.25) is 5.02 Å². The van der Waals surface area contributed by atoms with Crippen LogP contribution in [-0.4, -0.2) is 23.5 Å². The second-order valence-corrected chi connectivity index (χ2v) is 5.74. The Morgan fingerprint density at radius 2 is 2.05 bits per heavy atom. The number of nitrogens with one attached hydrogen (secondary N) is 1. The molecule has 1 aromatic carbocycles. The number of hydrogen-bond acceptors (Lipinski definition) is 2. The number of carbonyl (C=O) groups is 2. The van der Waals surface area contributed by atoms with Gasteiger partial charge in [-0.15, -0.1) is 0 Å². The van der Waals surface area contributed by atoms with Crippen LogP contribution in [0, 0.1) is 17.7 Å². The zero-order valence-electron chi connectivity index (χ0n) is 11.4. The zero-order chi connectivity index (χ0) is 15.4. The first-order valence-electron chi connectivity index (χ1n) is 6.95. The number of carbonyl (C=O) groups excluding carboxylic acids is 1. The predicted octanol–water partition coefficient (Wildman–Crippen LogP) is 3.10. The van der Waals surface area contributed by atoms with Crippen LogP contribution in [0.4, 0.5) is 4.39 Å². The number of amides is 1. The van der Waals surface area contributed by atoms with E-state index in [1.165, 1.54) is 12.1 Å².